The molecule has 0 bridgehead atoms. The first kappa shape index (κ1) is 22.6. The molecule has 4 aromatic rings. The first-order valence-electron chi connectivity index (χ1n) is 10.5. The standard InChI is InChI=1S/C26H23N3O5/c1-17(30)27-19-10-12-21(13-11-19)34-26(31)25-22(16-29(28-25)20-7-5-4-6-8-20)18-9-14-23(32-2)24(15-18)33-3/h4-16H,1-3H3,(H,27,30). The number of amides is 1. The maximum atomic E-state index is 13.2. The van der Waals surface area contributed by atoms with Crippen LogP contribution in [0.5, 0.6) is 17.2 Å². The monoisotopic (exact) mass is 457 g/mol. The molecule has 172 valence electrons. The van der Waals surface area contributed by atoms with Crippen LogP contribution in [-0.4, -0.2) is 35.9 Å². The Kier molecular flexibility index (Phi) is 6.59. The number of anilines is 1. The second-order valence-electron chi connectivity index (χ2n) is 7.34. The van der Waals surface area contributed by atoms with Crippen LogP contribution in [0.3, 0.4) is 0 Å². The second-order valence-corrected chi connectivity index (χ2v) is 7.34. The van der Waals surface area contributed by atoms with Crippen molar-refractivity contribution >= 4 is 17.6 Å². The number of ether oxygens (including phenoxy) is 3. The van der Waals surface area contributed by atoms with Crippen LogP contribution in [0.25, 0.3) is 16.8 Å². The van der Waals surface area contributed by atoms with Gasteiger partial charge in [-0.05, 0) is 54.1 Å². The molecule has 0 spiro atoms. The van der Waals surface area contributed by atoms with Gasteiger partial charge in [-0.3, -0.25) is 4.79 Å². The summed E-state index contributed by atoms with van der Waals surface area (Å²) in [6, 6.07) is 21.4. The van der Waals surface area contributed by atoms with Crippen molar-refractivity contribution in [3.63, 3.8) is 0 Å². The summed E-state index contributed by atoms with van der Waals surface area (Å²) in [6.07, 6.45) is 1.77. The molecule has 1 aromatic heterocycles. The number of aromatic nitrogens is 2. The number of hydrogen-bond acceptors (Lipinski definition) is 6. The number of rotatable bonds is 7. The van der Waals surface area contributed by atoms with E-state index in [4.69, 9.17) is 14.2 Å². The van der Waals surface area contributed by atoms with E-state index in [9.17, 15) is 9.59 Å². The van der Waals surface area contributed by atoms with Gasteiger partial charge in [-0.15, -0.1) is 0 Å². The minimum atomic E-state index is -0.619. The van der Waals surface area contributed by atoms with E-state index >= 15 is 0 Å². The van der Waals surface area contributed by atoms with Crippen molar-refractivity contribution < 1.29 is 23.8 Å². The Morgan fingerprint density at radius 1 is 0.882 bits per heavy atom. The SMILES string of the molecule is COc1ccc(-c2cn(-c3ccccc3)nc2C(=O)Oc2ccc(NC(C)=O)cc2)cc1OC. The largest absolute Gasteiger partial charge is 0.493 e. The average molecular weight is 457 g/mol. The van der Waals surface area contributed by atoms with Crippen molar-refractivity contribution in [2.24, 2.45) is 0 Å². The van der Waals surface area contributed by atoms with E-state index in [-0.39, 0.29) is 11.6 Å². The van der Waals surface area contributed by atoms with Gasteiger partial charge in [-0.2, -0.15) is 5.10 Å². The molecule has 0 saturated carbocycles. The number of carbonyl (C=O) groups is 2. The third kappa shape index (κ3) is 4.91. The van der Waals surface area contributed by atoms with E-state index in [1.54, 1.807) is 61.5 Å². The van der Waals surface area contributed by atoms with Gasteiger partial charge < -0.3 is 19.5 Å². The Morgan fingerprint density at radius 2 is 1.59 bits per heavy atom. The minimum Gasteiger partial charge on any atom is -0.493 e. The van der Waals surface area contributed by atoms with Gasteiger partial charge >= 0.3 is 5.97 Å². The molecule has 34 heavy (non-hydrogen) atoms. The normalized spacial score (nSPS) is 10.4. The average Bonchev–Trinajstić information content (AvgIpc) is 3.31. The van der Waals surface area contributed by atoms with Gasteiger partial charge in [-0.1, -0.05) is 24.3 Å². The summed E-state index contributed by atoms with van der Waals surface area (Å²) < 4.78 is 18.0. The molecule has 0 atom stereocenters. The number of hydrogen-bond donors (Lipinski definition) is 1. The third-order valence-electron chi connectivity index (χ3n) is 5.01. The number of nitrogens with one attached hydrogen (secondary N) is 1. The van der Waals surface area contributed by atoms with Crippen LogP contribution in [0, 0.1) is 0 Å². The first-order chi connectivity index (χ1) is 16.5. The number of carbonyl (C=O) groups excluding carboxylic acids is 2. The predicted molar refractivity (Wildman–Crippen MR) is 128 cm³/mol. The minimum absolute atomic E-state index is 0.141. The van der Waals surface area contributed by atoms with E-state index in [0.717, 1.165) is 5.69 Å². The van der Waals surface area contributed by atoms with Crippen LogP contribution >= 0.6 is 0 Å². The van der Waals surface area contributed by atoms with Crippen molar-refractivity contribution in [3.8, 4) is 34.1 Å². The number of nitrogens with zero attached hydrogens (tertiary/aromatic N) is 2. The predicted octanol–water partition coefficient (Wildman–Crippen LogP) is 4.73. The third-order valence-corrected chi connectivity index (χ3v) is 5.01. The van der Waals surface area contributed by atoms with Gasteiger partial charge in [0.05, 0.1) is 19.9 Å². The van der Waals surface area contributed by atoms with Gasteiger partial charge in [0.1, 0.15) is 5.75 Å². The molecule has 0 aliphatic rings. The quantitative estimate of drug-likeness (QED) is 0.319. The van der Waals surface area contributed by atoms with E-state index in [2.05, 4.69) is 10.4 Å². The number of para-hydroxylation sites is 1. The second kappa shape index (κ2) is 9.91. The molecule has 8 heteroatoms. The molecule has 1 N–H and O–H groups in total. The topological polar surface area (TPSA) is 91.7 Å². The summed E-state index contributed by atoms with van der Waals surface area (Å²) in [7, 11) is 3.11. The van der Waals surface area contributed by atoms with Crippen LogP contribution in [0.1, 0.15) is 17.4 Å². The fourth-order valence-electron chi connectivity index (χ4n) is 3.42. The highest BCUT2D eigenvalue weighted by Gasteiger charge is 2.22. The highest BCUT2D eigenvalue weighted by atomic mass is 16.5. The Hall–Kier alpha value is -4.59. The summed E-state index contributed by atoms with van der Waals surface area (Å²) >= 11 is 0. The number of methoxy groups -OCH3 is 2. The Morgan fingerprint density at radius 3 is 2.24 bits per heavy atom. The van der Waals surface area contributed by atoms with Crippen LogP contribution < -0.4 is 19.5 Å². The number of esters is 1. The van der Waals surface area contributed by atoms with Crippen LogP contribution in [0.2, 0.25) is 0 Å². The molecule has 0 aliphatic carbocycles. The summed E-state index contributed by atoms with van der Waals surface area (Å²) in [4.78, 5) is 24.4. The zero-order valence-electron chi connectivity index (χ0n) is 18.9. The molecule has 0 unspecified atom stereocenters. The zero-order chi connectivity index (χ0) is 24.1. The van der Waals surface area contributed by atoms with Gasteiger partial charge in [0, 0.05) is 24.4 Å². The Labute approximate surface area is 196 Å². The highest BCUT2D eigenvalue weighted by Crippen LogP contribution is 2.34. The first-order valence-corrected chi connectivity index (χ1v) is 10.5. The maximum Gasteiger partial charge on any atom is 0.364 e. The molecule has 1 amide bonds. The molecule has 3 aromatic carbocycles. The molecule has 8 nitrogen and oxygen atoms in total. The lowest BCUT2D eigenvalue weighted by molar-refractivity contribution is -0.114. The van der Waals surface area contributed by atoms with Crippen molar-refractivity contribution in [2.75, 3.05) is 19.5 Å². The Bertz CT molecular complexity index is 1310. The molecular weight excluding hydrogens is 434 g/mol. The summed E-state index contributed by atoms with van der Waals surface area (Å²) in [5, 5.41) is 7.19. The zero-order valence-corrected chi connectivity index (χ0v) is 18.9. The molecule has 0 fully saturated rings. The van der Waals surface area contributed by atoms with Gasteiger partial charge in [0.15, 0.2) is 17.2 Å². The van der Waals surface area contributed by atoms with Gasteiger partial charge in [-0.25, -0.2) is 9.48 Å². The van der Waals surface area contributed by atoms with E-state index < -0.39 is 5.97 Å². The summed E-state index contributed by atoms with van der Waals surface area (Å²) in [5.41, 5.74) is 2.83. The van der Waals surface area contributed by atoms with E-state index in [1.807, 2.05) is 36.4 Å². The van der Waals surface area contributed by atoms with Crippen LogP contribution in [0.15, 0.2) is 79.0 Å². The molecule has 0 aliphatic heterocycles. The molecule has 4 rings (SSSR count). The van der Waals surface area contributed by atoms with Crippen molar-refractivity contribution in [1.82, 2.24) is 9.78 Å². The van der Waals surface area contributed by atoms with Crippen molar-refractivity contribution in [2.45, 2.75) is 6.92 Å². The Balaban J connectivity index is 1.71. The molecule has 0 radical (unpaired) electrons. The van der Waals surface area contributed by atoms with Crippen molar-refractivity contribution in [3.05, 3.63) is 84.7 Å². The van der Waals surface area contributed by atoms with Crippen molar-refractivity contribution in [1.29, 1.82) is 0 Å². The highest BCUT2D eigenvalue weighted by molar-refractivity contribution is 5.97. The van der Waals surface area contributed by atoms with Gasteiger partial charge in [0.25, 0.3) is 0 Å². The summed E-state index contributed by atoms with van der Waals surface area (Å²) in [5.74, 6) is 0.625. The van der Waals surface area contributed by atoms with Crippen LogP contribution in [0.4, 0.5) is 5.69 Å². The van der Waals surface area contributed by atoms with Gasteiger partial charge in [0.2, 0.25) is 5.91 Å². The molecular formula is C26H23N3O5. The van der Waals surface area contributed by atoms with E-state index in [1.165, 1.54) is 6.92 Å². The van der Waals surface area contributed by atoms with E-state index in [0.29, 0.717) is 34.1 Å². The number of benzene rings is 3. The lowest BCUT2D eigenvalue weighted by Gasteiger charge is -2.10. The smallest absolute Gasteiger partial charge is 0.364 e. The molecule has 0 saturated heterocycles. The lowest BCUT2D eigenvalue weighted by atomic mass is 10.1. The summed E-state index contributed by atoms with van der Waals surface area (Å²) in [6.45, 7) is 1.42. The van der Waals surface area contributed by atoms with Crippen LogP contribution in [-0.2, 0) is 4.79 Å². The fourth-order valence-corrected chi connectivity index (χ4v) is 3.42. The maximum absolute atomic E-state index is 13.2. The fraction of sp³-hybridized carbons (Fsp3) is 0.115. The molecule has 1 heterocycles. The lowest BCUT2D eigenvalue weighted by Crippen LogP contribution is -2.11.